The normalized spacial score (nSPS) is 37.1. The maximum absolute atomic E-state index is 3.23. The van der Waals surface area contributed by atoms with E-state index >= 15 is 0 Å². The van der Waals surface area contributed by atoms with Gasteiger partial charge in [0.25, 0.3) is 0 Å². The molecule has 0 N–H and O–H groups in total. The van der Waals surface area contributed by atoms with Crippen molar-refractivity contribution in [1.29, 1.82) is 0 Å². The summed E-state index contributed by atoms with van der Waals surface area (Å²) in [5.74, 6) is 2.99. The van der Waals surface area contributed by atoms with Gasteiger partial charge in [0.15, 0.2) is 0 Å². The largest absolute Gasteiger partial charge is 0.353 e. The maximum atomic E-state index is 3.23. The van der Waals surface area contributed by atoms with Crippen LogP contribution in [0, 0.1) is 23.2 Å². The average molecular weight is 383 g/mol. The van der Waals surface area contributed by atoms with Crippen LogP contribution in [0.25, 0.3) is 0 Å². The molecule has 1 aromatic carbocycles. The Labute approximate surface area is 167 Å². The SMILES string of the molecule is CC(C)(C)C(P)(c1ccccc1)N1C=CN(C23CC4CC(CC(C4)C2)C3)C1. The summed E-state index contributed by atoms with van der Waals surface area (Å²) in [5.41, 5.74) is 1.94. The molecular formula is C24H35N2P. The fraction of sp³-hybridized carbons (Fsp3) is 0.667. The molecule has 0 aromatic heterocycles. The second-order valence-corrected chi connectivity index (χ2v) is 11.7. The first kappa shape index (κ1) is 18.0. The number of hydrogen-bond acceptors (Lipinski definition) is 2. The van der Waals surface area contributed by atoms with Crippen LogP contribution in [-0.2, 0) is 5.28 Å². The maximum Gasteiger partial charge on any atom is 0.0910 e. The van der Waals surface area contributed by atoms with Crippen molar-refractivity contribution in [1.82, 2.24) is 9.80 Å². The predicted molar refractivity (Wildman–Crippen MR) is 116 cm³/mol. The molecule has 5 aliphatic rings. The van der Waals surface area contributed by atoms with Crippen molar-refractivity contribution < 1.29 is 0 Å². The number of rotatable bonds is 3. The van der Waals surface area contributed by atoms with Crippen molar-refractivity contribution in [3.8, 4) is 0 Å². The Morgan fingerprint density at radius 2 is 1.44 bits per heavy atom. The van der Waals surface area contributed by atoms with Crippen molar-refractivity contribution in [3.05, 3.63) is 48.3 Å². The Kier molecular flexibility index (Phi) is 4.01. The lowest BCUT2D eigenvalue weighted by atomic mass is 9.52. The van der Waals surface area contributed by atoms with E-state index in [1.54, 1.807) is 0 Å². The van der Waals surface area contributed by atoms with E-state index in [0.717, 1.165) is 24.4 Å². The van der Waals surface area contributed by atoms with Crippen molar-refractivity contribution in [2.24, 2.45) is 23.2 Å². The summed E-state index contributed by atoms with van der Waals surface area (Å²) in [7, 11) is 3.23. The van der Waals surface area contributed by atoms with Crippen LogP contribution in [0.2, 0.25) is 0 Å². The molecule has 2 atom stereocenters. The highest BCUT2D eigenvalue weighted by Crippen LogP contribution is 2.59. The summed E-state index contributed by atoms with van der Waals surface area (Å²) in [5, 5.41) is -0.0954. The molecule has 1 aromatic rings. The minimum absolute atomic E-state index is 0.0954. The predicted octanol–water partition coefficient (Wildman–Crippen LogP) is 5.78. The van der Waals surface area contributed by atoms with E-state index < -0.39 is 0 Å². The van der Waals surface area contributed by atoms with Crippen LogP contribution in [-0.4, -0.2) is 22.0 Å². The summed E-state index contributed by atoms with van der Waals surface area (Å²) < 4.78 is 0. The van der Waals surface area contributed by atoms with E-state index in [9.17, 15) is 0 Å². The fourth-order valence-electron chi connectivity index (χ4n) is 7.10. The summed E-state index contributed by atoms with van der Waals surface area (Å²) >= 11 is 0. The first-order chi connectivity index (χ1) is 12.8. The molecule has 2 nitrogen and oxygen atoms in total. The topological polar surface area (TPSA) is 6.48 Å². The lowest BCUT2D eigenvalue weighted by molar-refractivity contribution is -0.0811. The van der Waals surface area contributed by atoms with Crippen molar-refractivity contribution in [2.45, 2.75) is 70.1 Å². The van der Waals surface area contributed by atoms with E-state index in [0.29, 0.717) is 5.54 Å². The van der Waals surface area contributed by atoms with Gasteiger partial charge in [0.2, 0.25) is 0 Å². The third-order valence-corrected chi connectivity index (χ3v) is 9.69. The molecule has 1 heterocycles. The zero-order valence-electron chi connectivity index (χ0n) is 17.2. The van der Waals surface area contributed by atoms with Crippen LogP contribution in [0.5, 0.6) is 0 Å². The highest BCUT2D eigenvalue weighted by atomic mass is 31.0. The Balaban J connectivity index is 1.44. The first-order valence-corrected chi connectivity index (χ1v) is 11.4. The van der Waals surface area contributed by atoms with Gasteiger partial charge in [-0.05, 0) is 67.3 Å². The summed E-state index contributed by atoms with van der Waals surface area (Å²) in [6, 6.07) is 11.1. The number of nitrogens with zero attached hydrogens (tertiary/aromatic N) is 2. The van der Waals surface area contributed by atoms with E-state index in [2.05, 4.69) is 82.5 Å². The van der Waals surface area contributed by atoms with Crippen molar-refractivity contribution in [3.63, 3.8) is 0 Å². The van der Waals surface area contributed by atoms with E-state index in [-0.39, 0.29) is 10.7 Å². The van der Waals surface area contributed by atoms with Gasteiger partial charge in [-0.1, -0.05) is 51.1 Å². The van der Waals surface area contributed by atoms with Crippen molar-refractivity contribution >= 4 is 9.24 Å². The fourth-order valence-corrected chi connectivity index (χ4v) is 7.46. The van der Waals surface area contributed by atoms with Crippen LogP contribution in [0.4, 0.5) is 0 Å². The molecule has 0 radical (unpaired) electrons. The Morgan fingerprint density at radius 3 is 1.96 bits per heavy atom. The molecular weight excluding hydrogens is 347 g/mol. The lowest BCUT2D eigenvalue weighted by Gasteiger charge is -2.60. The highest BCUT2D eigenvalue weighted by Gasteiger charge is 2.55. The molecule has 0 amide bonds. The Morgan fingerprint density at radius 1 is 0.889 bits per heavy atom. The second-order valence-electron chi connectivity index (χ2n) is 10.9. The first-order valence-electron chi connectivity index (χ1n) is 10.9. The zero-order chi connectivity index (χ0) is 18.9. The molecule has 1 aliphatic heterocycles. The van der Waals surface area contributed by atoms with Gasteiger partial charge in [-0.3, -0.25) is 0 Å². The molecule has 2 unspecified atom stereocenters. The molecule has 0 spiro atoms. The summed E-state index contributed by atoms with van der Waals surface area (Å²) in [6.07, 6.45) is 13.6. The standard InChI is InChI=1S/C24H35N2P/c1-22(2,3)24(27,21-7-5-4-6-8-21)26-10-9-25(17-26)23-14-18-11-19(15-23)13-20(12-18)16-23/h4-10,18-20H,11-17,27H2,1-3H3. The van der Waals surface area contributed by atoms with Crippen LogP contribution < -0.4 is 0 Å². The average Bonchev–Trinajstić information content (AvgIpc) is 3.11. The third kappa shape index (κ3) is 2.70. The summed E-state index contributed by atoms with van der Waals surface area (Å²) in [6.45, 7) is 8.14. The highest BCUT2D eigenvalue weighted by molar-refractivity contribution is 7.18. The van der Waals surface area contributed by atoms with Gasteiger partial charge >= 0.3 is 0 Å². The van der Waals surface area contributed by atoms with Crippen LogP contribution in [0.3, 0.4) is 0 Å². The minimum Gasteiger partial charge on any atom is -0.353 e. The Hall–Kier alpha value is -1.01. The Bertz CT molecular complexity index is 699. The molecule has 6 rings (SSSR count). The molecule has 4 bridgehead atoms. The molecule has 3 heteroatoms. The van der Waals surface area contributed by atoms with Crippen LogP contribution in [0.1, 0.15) is 64.9 Å². The van der Waals surface area contributed by atoms with Gasteiger partial charge in [0, 0.05) is 17.9 Å². The van der Waals surface area contributed by atoms with Gasteiger partial charge in [0.05, 0.1) is 11.9 Å². The van der Waals surface area contributed by atoms with E-state index in [1.807, 2.05) is 0 Å². The molecule has 4 aliphatic carbocycles. The van der Waals surface area contributed by atoms with Gasteiger partial charge in [-0.15, -0.1) is 9.24 Å². The molecule has 0 saturated heterocycles. The zero-order valence-corrected chi connectivity index (χ0v) is 18.3. The number of hydrogen-bond donors (Lipinski definition) is 0. The lowest BCUT2D eigenvalue weighted by Crippen LogP contribution is -2.59. The van der Waals surface area contributed by atoms with Crippen LogP contribution >= 0.6 is 9.24 Å². The van der Waals surface area contributed by atoms with Gasteiger partial charge < -0.3 is 9.80 Å². The molecule has 4 saturated carbocycles. The van der Waals surface area contributed by atoms with Crippen LogP contribution in [0.15, 0.2) is 42.7 Å². The van der Waals surface area contributed by atoms with Gasteiger partial charge in [-0.2, -0.15) is 0 Å². The van der Waals surface area contributed by atoms with Gasteiger partial charge in [0.1, 0.15) is 0 Å². The van der Waals surface area contributed by atoms with Gasteiger partial charge in [-0.25, -0.2) is 0 Å². The van der Waals surface area contributed by atoms with E-state index in [1.165, 1.54) is 44.1 Å². The number of benzene rings is 1. The molecule has 27 heavy (non-hydrogen) atoms. The molecule has 4 fully saturated rings. The smallest absolute Gasteiger partial charge is 0.0910 e. The minimum atomic E-state index is -0.0954. The van der Waals surface area contributed by atoms with Crippen molar-refractivity contribution in [2.75, 3.05) is 6.67 Å². The quantitative estimate of drug-likeness (QED) is 0.612. The molecule has 146 valence electrons. The monoisotopic (exact) mass is 382 g/mol. The second kappa shape index (κ2) is 5.99. The van der Waals surface area contributed by atoms with E-state index in [4.69, 9.17) is 0 Å². The summed E-state index contributed by atoms with van der Waals surface area (Å²) in [4.78, 5) is 5.33. The third-order valence-electron chi connectivity index (χ3n) is 8.16.